The fraction of sp³-hybridized carbons (Fsp3) is 1.00. The number of nitrogens with zero attached hydrogens (tertiary/aromatic N) is 1. The minimum atomic E-state index is 0.369. The standard InChI is InChI=1S/C12H25N/c1-10(2)11-7-6-8-13(9-11)12(3,4)5/h10-11H,6-9H2,1-5H3. The quantitative estimate of drug-likeness (QED) is 0.603. The second kappa shape index (κ2) is 4.00. The third-order valence-corrected chi connectivity index (χ3v) is 3.35. The van der Waals surface area contributed by atoms with Gasteiger partial charge >= 0.3 is 0 Å². The van der Waals surface area contributed by atoms with E-state index in [2.05, 4.69) is 39.5 Å². The molecule has 1 atom stereocenters. The van der Waals surface area contributed by atoms with Gasteiger partial charge in [-0.1, -0.05) is 13.8 Å². The average molecular weight is 183 g/mol. The van der Waals surface area contributed by atoms with Crippen LogP contribution in [0.1, 0.15) is 47.5 Å². The first-order chi connectivity index (χ1) is 5.91. The summed E-state index contributed by atoms with van der Waals surface area (Å²) in [6, 6.07) is 0. The van der Waals surface area contributed by atoms with Crippen molar-refractivity contribution in [1.82, 2.24) is 4.90 Å². The van der Waals surface area contributed by atoms with Crippen LogP contribution < -0.4 is 0 Å². The molecule has 13 heavy (non-hydrogen) atoms. The zero-order valence-corrected chi connectivity index (χ0v) is 9.93. The molecule has 1 fully saturated rings. The number of rotatable bonds is 1. The SMILES string of the molecule is CC(C)C1CCCN(C(C)(C)C)C1. The first-order valence-corrected chi connectivity index (χ1v) is 5.66. The minimum absolute atomic E-state index is 0.369. The maximum absolute atomic E-state index is 2.64. The highest BCUT2D eigenvalue weighted by Crippen LogP contribution is 2.27. The van der Waals surface area contributed by atoms with Gasteiger partial charge in [0.2, 0.25) is 0 Å². The summed E-state index contributed by atoms with van der Waals surface area (Å²) in [6.07, 6.45) is 2.82. The molecule has 0 bridgehead atoms. The van der Waals surface area contributed by atoms with Crippen LogP contribution in [-0.2, 0) is 0 Å². The molecule has 0 aliphatic carbocycles. The van der Waals surface area contributed by atoms with Gasteiger partial charge in [0.05, 0.1) is 0 Å². The molecule has 1 heterocycles. The molecule has 0 amide bonds. The molecule has 1 saturated heterocycles. The van der Waals surface area contributed by atoms with Crippen LogP contribution in [0.15, 0.2) is 0 Å². The summed E-state index contributed by atoms with van der Waals surface area (Å²) >= 11 is 0. The third-order valence-electron chi connectivity index (χ3n) is 3.35. The summed E-state index contributed by atoms with van der Waals surface area (Å²) in [7, 11) is 0. The molecule has 0 saturated carbocycles. The summed E-state index contributed by atoms with van der Waals surface area (Å²) in [6.45, 7) is 14.3. The molecule has 1 unspecified atom stereocenters. The first kappa shape index (κ1) is 11.0. The number of hydrogen-bond acceptors (Lipinski definition) is 1. The van der Waals surface area contributed by atoms with Crippen LogP contribution in [0.4, 0.5) is 0 Å². The summed E-state index contributed by atoms with van der Waals surface area (Å²) < 4.78 is 0. The lowest BCUT2D eigenvalue weighted by Gasteiger charge is -2.42. The van der Waals surface area contributed by atoms with Crippen LogP contribution in [0.5, 0.6) is 0 Å². The Hall–Kier alpha value is -0.0400. The van der Waals surface area contributed by atoms with E-state index in [0.29, 0.717) is 5.54 Å². The second-order valence-electron chi connectivity index (χ2n) is 5.76. The van der Waals surface area contributed by atoms with Crippen LogP contribution in [0.3, 0.4) is 0 Å². The van der Waals surface area contributed by atoms with Crippen LogP contribution in [0.25, 0.3) is 0 Å². The summed E-state index contributed by atoms with van der Waals surface area (Å²) in [5, 5.41) is 0. The van der Waals surface area contributed by atoms with Gasteiger partial charge in [0.25, 0.3) is 0 Å². The molecule has 0 aromatic rings. The van der Waals surface area contributed by atoms with Crippen molar-refractivity contribution in [3.63, 3.8) is 0 Å². The predicted octanol–water partition coefficient (Wildman–Crippen LogP) is 3.15. The van der Waals surface area contributed by atoms with Crippen LogP contribution in [0.2, 0.25) is 0 Å². The highest BCUT2D eigenvalue weighted by Gasteiger charge is 2.28. The predicted molar refractivity (Wildman–Crippen MR) is 58.9 cm³/mol. The molecule has 0 spiro atoms. The topological polar surface area (TPSA) is 3.24 Å². The van der Waals surface area contributed by atoms with Crippen molar-refractivity contribution in [1.29, 1.82) is 0 Å². The lowest BCUT2D eigenvalue weighted by atomic mass is 9.86. The lowest BCUT2D eigenvalue weighted by molar-refractivity contribution is 0.0640. The fourth-order valence-corrected chi connectivity index (χ4v) is 2.16. The Morgan fingerprint density at radius 3 is 2.31 bits per heavy atom. The average Bonchev–Trinajstić information content (AvgIpc) is 2.03. The number of piperidine rings is 1. The van der Waals surface area contributed by atoms with Crippen molar-refractivity contribution in [2.75, 3.05) is 13.1 Å². The first-order valence-electron chi connectivity index (χ1n) is 5.66. The van der Waals surface area contributed by atoms with Crippen molar-refractivity contribution >= 4 is 0 Å². The highest BCUT2D eigenvalue weighted by atomic mass is 15.2. The van der Waals surface area contributed by atoms with Gasteiger partial charge in [0.15, 0.2) is 0 Å². The molecule has 0 radical (unpaired) electrons. The van der Waals surface area contributed by atoms with E-state index in [1.54, 1.807) is 0 Å². The molecule has 0 N–H and O–H groups in total. The smallest absolute Gasteiger partial charge is 0.0125 e. The van der Waals surface area contributed by atoms with Gasteiger partial charge in [-0.2, -0.15) is 0 Å². The van der Waals surface area contributed by atoms with Crippen molar-refractivity contribution < 1.29 is 0 Å². The van der Waals surface area contributed by atoms with Gasteiger partial charge < -0.3 is 0 Å². The minimum Gasteiger partial charge on any atom is -0.298 e. The van der Waals surface area contributed by atoms with Gasteiger partial charge in [-0.25, -0.2) is 0 Å². The van der Waals surface area contributed by atoms with Gasteiger partial charge in [-0.3, -0.25) is 4.90 Å². The monoisotopic (exact) mass is 183 g/mol. The second-order valence-corrected chi connectivity index (χ2v) is 5.76. The van der Waals surface area contributed by atoms with Crippen molar-refractivity contribution in [2.24, 2.45) is 11.8 Å². The highest BCUT2D eigenvalue weighted by molar-refractivity contribution is 4.83. The van der Waals surface area contributed by atoms with Crippen molar-refractivity contribution in [2.45, 2.75) is 53.0 Å². The molecular formula is C12H25N. The van der Waals surface area contributed by atoms with Crippen LogP contribution in [0, 0.1) is 11.8 Å². The largest absolute Gasteiger partial charge is 0.298 e. The summed E-state index contributed by atoms with van der Waals surface area (Å²) in [5.41, 5.74) is 0.369. The van der Waals surface area contributed by atoms with Gasteiger partial charge in [0.1, 0.15) is 0 Å². The van der Waals surface area contributed by atoms with E-state index in [1.807, 2.05) is 0 Å². The Labute approximate surface area is 83.5 Å². The van der Waals surface area contributed by atoms with Crippen molar-refractivity contribution in [3.05, 3.63) is 0 Å². The maximum Gasteiger partial charge on any atom is 0.0125 e. The normalized spacial score (nSPS) is 26.8. The molecule has 1 rings (SSSR count). The summed E-state index contributed by atoms with van der Waals surface area (Å²) in [5.74, 6) is 1.78. The lowest BCUT2D eigenvalue weighted by Crippen LogP contribution is -2.48. The molecule has 1 heteroatoms. The van der Waals surface area contributed by atoms with E-state index >= 15 is 0 Å². The zero-order valence-electron chi connectivity index (χ0n) is 9.93. The van der Waals surface area contributed by atoms with E-state index < -0.39 is 0 Å². The van der Waals surface area contributed by atoms with E-state index in [9.17, 15) is 0 Å². The molecule has 0 aromatic carbocycles. The van der Waals surface area contributed by atoms with E-state index in [-0.39, 0.29) is 0 Å². The fourth-order valence-electron chi connectivity index (χ4n) is 2.16. The van der Waals surface area contributed by atoms with E-state index in [1.165, 1.54) is 25.9 Å². The van der Waals surface area contributed by atoms with E-state index in [0.717, 1.165) is 11.8 Å². The Morgan fingerprint density at radius 2 is 1.85 bits per heavy atom. The molecule has 1 aliphatic rings. The number of likely N-dealkylation sites (tertiary alicyclic amines) is 1. The summed E-state index contributed by atoms with van der Waals surface area (Å²) in [4.78, 5) is 2.64. The zero-order chi connectivity index (χ0) is 10.1. The molecular weight excluding hydrogens is 158 g/mol. The van der Waals surface area contributed by atoms with Gasteiger partial charge in [0, 0.05) is 12.1 Å². The molecule has 1 aliphatic heterocycles. The number of hydrogen-bond donors (Lipinski definition) is 0. The van der Waals surface area contributed by atoms with Crippen molar-refractivity contribution in [3.8, 4) is 0 Å². The Morgan fingerprint density at radius 1 is 1.23 bits per heavy atom. The van der Waals surface area contributed by atoms with Gasteiger partial charge in [-0.15, -0.1) is 0 Å². The Bertz CT molecular complexity index is 155. The third kappa shape index (κ3) is 2.98. The molecule has 0 aromatic heterocycles. The molecule has 78 valence electrons. The van der Waals surface area contributed by atoms with Gasteiger partial charge in [-0.05, 0) is 52.0 Å². The maximum atomic E-state index is 2.64. The van der Waals surface area contributed by atoms with E-state index in [4.69, 9.17) is 0 Å². The van der Waals surface area contributed by atoms with Crippen LogP contribution in [-0.4, -0.2) is 23.5 Å². The Balaban J connectivity index is 2.52. The van der Waals surface area contributed by atoms with Crippen LogP contribution >= 0.6 is 0 Å². The molecule has 1 nitrogen and oxygen atoms in total. The Kier molecular flexibility index (Phi) is 3.39.